The van der Waals surface area contributed by atoms with Crippen LogP contribution < -0.4 is 14.2 Å². The molecule has 111 heavy (non-hydrogen) atoms. The van der Waals surface area contributed by atoms with Crippen LogP contribution in [0.5, 0.6) is 17.2 Å². The maximum Gasteiger partial charge on any atom is 0.425 e. The fraction of sp³-hybridized carbons (Fsp3) is 0.506. The van der Waals surface area contributed by atoms with Gasteiger partial charge in [-0.15, -0.1) is 22.7 Å². The molecule has 10 rings (SSSR count). The van der Waals surface area contributed by atoms with Crippen LogP contribution >= 0.6 is 22.7 Å². The van der Waals surface area contributed by atoms with Gasteiger partial charge in [0.05, 0.1) is 58.7 Å². The Kier molecular flexibility index (Phi) is 25.2. The summed E-state index contributed by atoms with van der Waals surface area (Å²) in [5.41, 5.74) is -13.0. The van der Waals surface area contributed by atoms with Gasteiger partial charge in [0.15, 0.2) is 0 Å². The number of alkyl halides is 12. The zero-order chi connectivity index (χ0) is 81.0. The number of hydrogen-bond acceptors (Lipinski definition) is 15. The molecule has 0 aliphatic carbocycles. The van der Waals surface area contributed by atoms with Crippen molar-refractivity contribution < 1.29 is 110 Å². The minimum atomic E-state index is -5.43. The fourth-order valence-corrected chi connectivity index (χ4v) is 17.3. The van der Waals surface area contributed by atoms with Gasteiger partial charge in [-0.3, -0.25) is 33.8 Å². The van der Waals surface area contributed by atoms with Crippen molar-refractivity contribution in [3.05, 3.63) is 145 Å². The maximum atomic E-state index is 16.2. The number of carbonyl (C=O) groups is 6. The summed E-state index contributed by atoms with van der Waals surface area (Å²) in [6, 6.07) is 12.9. The van der Waals surface area contributed by atoms with Crippen LogP contribution in [0.4, 0.5) is 57.1 Å². The Bertz CT molecular complexity index is 4520. The van der Waals surface area contributed by atoms with Gasteiger partial charge in [0.25, 0.3) is 23.6 Å². The van der Waals surface area contributed by atoms with Crippen molar-refractivity contribution in [3.8, 4) is 40.5 Å². The van der Waals surface area contributed by atoms with E-state index in [4.69, 9.17) is 14.2 Å². The van der Waals surface area contributed by atoms with Crippen molar-refractivity contribution in [2.45, 2.75) is 189 Å². The summed E-state index contributed by atoms with van der Waals surface area (Å²) < 4.78 is 212. The third-order valence-corrected chi connectivity index (χ3v) is 23.3. The van der Waals surface area contributed by atoms with Crippen LogP contribution in [0.2, 0.25) is 0 Å². The van der Waals surface area contributed by atoms with Gasteiger partial charge in [-0.2, -0.15) is 63.2 Å². The Morgan fingerprint density at radius 3 is 1.58 bits per heavy atom. The van der Waals surface area contributed by atoms with E-state index >= 15 is 31.9 Å². The zero-order valence-electron chi connectivity index (χ0n) is 60.6. The summed E-state index contributed by atoms with van der Waals surface area (Å²) in [4.78, 5) is 95.7. The average molecular weight is 1600 g/mol. The first-order valence-corrected chi connectivity index (χ1v) is 37.9. The molecule has 4 aromatic heterocycles. The minimum Gasteiger partial charge on any atom is -0.493 e. The van der Waals surface area contributed by atoms with E-state index in [2.05, 4.69) is 22.1 Å². The number of likely N-dealkylation sites (tertiary alicyclic amines) is 4. The highest BCUT2D eigenvalue weighted by molar-refractivity contribution is 7.10. The van der Waals surface area contributed by atoms with Gasteiger partial charge in [-0.05, 0) is 118 Å². The molecule has 4 fully saturated rings. The van der Waals surface area contributed by atoms with Crippen LogP contribution in [0.15, 0.2) is 89.9 Å². The number of halogens is 13. The van der Waals surface area contributed by atoms with Crippen LogP contribution in [0, 0.1) is 40.3 Å². The first-order valence-electron chi connectivity index (χ1n) is 36.1. The summed E-state index contributed by atoms with van der Waals surface area (Å²) in [7, 11) is 0. The number of para-hydroxylation sites is 1. The van der Waals surface area contributed by atoms with Crippen molar-refractivity contribution in [1.29, 1.82) is 10.5 Å². The highest BCUT2D eigenvalue weighted by atomic mass is 32.1. The number of carbonyl (C=O) groups excluding carboxylic acids is 4. The van der Waals surface area contributed by atoms with Crippen molar-refractivity contribution in [2.24, 2.45) is 11.8 Å². The van der Waals surface area contributed by atoms with Crippen LogP contribution in [0.25, 0.3) is 11.1 Å². The second kappa shape index (κ2) is 33.4. The number of nitriles is 2. The molecule has 5 atom stereocenters. The number of thiophene rings is 2. The van der Waals surface area contributed by atoms with E-state index in [9.17, 15) is 74.6 Å². The second-order valence-electron chi connectivity index (χ2n) is 28.6. The smallest absolute Gasteiger partial charge is 0.425 e. The summed E-state index contributed by atoms with van der Waals surface area (Å²) in [6.45, 7) is 4.49. The van der Waals surface area contributed by atoms with E-state index in [1.54, 1.807) is 27.7 Å². The van der Waals surface area contributed by atoms with Gasteiger partial charge < -0.3 is 44.0 Å². The number of aryl methyl sites for hydroxylation is 1. The molecule has 4 saturated heterocycles. The molecule has 4 amide bonds. The largest absolute Gasteiger partial charge is 0.493 e. The third-order valence-electron chi connectivity index (χ3n) is 21.4. The predicted molar refractivity (Wildman–Crippen MR) is 376 cm³/mol. The van der Waals surface area contributed by atoms with Crippen molar-refractivity contribution in [1.82, 2.24) is 29.6 Å². The quantitative estimate of drug-likeness (QED) is 0.0399. The molecular formula is C77H79F13N8O11S2. The number of carboxylic acid groups (broad SMARTS) is 2. The summed E-state index contributed by atoms with van der Waals surface area (Å²) >= 11 is 0.474. The lowest BCUT2D eigenvalue weighted by Gasteiger charge is -2.51. The van der Waals surface area contributed by atoms with Gasteiger partial charge >= 0.3 is 36.6 Å². The maximum absolute atomic E-state index is 16.2. The number of aliphatic carboxylic acids is 2. The molecule has 19 nitrogen and oxygen atoms in total. The van der Waals surface area contributed by atoms with Crippen LogP contribution in [-0.2, 0) is 61.1 Å². The summed E-state index contributed by atoms with van der Waals surface area (Å²) in [6.07, 6.45) is -20.7. The van der Waals surface area contributed by atoms with Gasteiger partial charge in [0, 0.05) is 111 Å². The lowest BCUT2D eigenvalue weighted by molar-refractivity contribution is -0.161. The number of hydrogen-bond donors (Lipinski definition) is 2. The second-order valence-corrected chi connectivity index (χ2v) is 30.5. The van der Waals surface area contributed by atoms with E-state index in [0.29, 0.717) is 29.8 Å². The van der Waals surface area contributed by atoms with E-state index in [1.807, 2.05) is 0 Å². The molecule has 4 aliphatic heterocycles. The van der Waals surface area contributed by atoms with Crippen molar-refractivity contribution in [2.75, 3.05) is 45.9 Å². The predicted octanol–water partition coefficient (Wildman–Crippen LogP) is 16.6. The lowest BCUT2D eigenvalue weighted by atomic mass is 9.71. The first-order chi connectivity index (χ1) is 52.3. The van der Waals surface area contributed by atoms with Crippen LogP contribution in [0.1, 0.15) is 183 Å². The monoisotopic (exact) mass is 1600 g/mol. The molecule has 0 unspecified atom stereocenters. The van der Waals surface area contributed by atoms with E-state index in [-0.39, 0.29) is 205 Å². The Balaban J connectivity index is 1.01. The first kappa shape index (κ1) is 83.9. The van der Waals surface area contributed by atoms with Gasteiger partial charge in [-0.1, -0.05) is 64.8 Å². The van der Waals surface area contributed by atoms with E-state index in [1.165, 1.54) is 34.1 Å². The van der Waals surface area contributed by atoms with Gasteiger partial charge in [0.2, 0.25) is 11.2 Å². The molecule has 34 heteroatoms. The number of nitrogens with zero attached hydrogens (tertiary/aromatic N) is 8. The fourth-order valence-electron chi connectivity index (χ4n) is 15.9. The Hall–Kier alpha value is -9.57. The molecule has 0 saturated carbocycles. The number of aromatic nitrogens is 2. The number of ether oxygens (including phenoxy) is 3. The van der Waals surface area contributed by atoms with E-state index in [0.717, 1.165) is 51.2 Å². The summed E-state index contributed by atoms with van der Waals surface area (Å²) in [5, 5.41) is 43.9. The highest BCUT2D eigenvalue weighted by Gasteiger charge is 2.60. The minimum absolute atomic E-state index is 0.0277. The number of rotatable bonds is 25. The molecule has 596 valence electrons. The molecule has 2 aromatic carbocycles. The van der Waals surface area contributed by atoms with Crippen LogP contribution in [0.3, 0.4) is 0 Å². The topological polar surface area (TPSA) is 257 Å². The molecule has 4 aliphatic rings. The Morgan fingerprint density at radius 2 is 1.13 bits per heavy atom. The van der Waals surface area contributed by atoms with Crippen molar-refractivity contribution >= 4 is 58.2 Å². The molecule has 0 radical (unpaired) electrons. The Labute approximate surface area is 637 Å². The SMILES string of the molecule is CCC[C@H]1N(C(=O)c2ncc(-c3cccc(C4(C#N)CCN(C(=O)[C@]5(Oc6csc(C(F)(F)F)c6)CCCN(C(=O)c6ncccc6C(F)(F)F)[C@@H]5CCC)CC4)c3OCCC[C@H](C(=O)O)C(C)C)cc2C(F)(F)F)CCC[C@@]1(Oc1csc(C(F)(F)F)c1)C(=O)N1CCC(C#N)(c2cc(F)ccc2CCC(=O)O)CC1. The third kappa shape index (κ3) is 17.6. The normalized spacial score (nSPS) is 20.6. The van der Waals surface area contributed by atoms with Crippen molar-refractivity contribution in [3.63, 3.8) is 0 Å². The standard InChI is InChI=1S/C77H79F13N8O11S2/c1-5-12-57-72(108-49-38-59(110-41-49)76(85,86)87,22-10-29-97(57)65(101)62-53(74(79,80)81)17-8-28-93-62)68(105)95-31-24-70(43-91,25-32-95)54-16-7-14-52(64(54)107-35-9-15-51(45(3)4)67(103)104)47-36-56(75(82,83)84)63(94-40-47)66(102)98-30-11-23-73(58(98)13-6-2,109-50-39-60(111-42-50)77(88,89)90)69(106)96-33-26-71(44-92,27-34-96)55-37-48(78)20-18-46(55)19-21-61(99)100/h7-8,14,16-18,20,28,36-42,45,51,57-58H,5-6,9-13,15,19,21-27,29-35H2,1-4H3,(H,99,100)(H,103,104)/t51-,57+,58+,72-,73-/m0/s1. The number of amides is 4. The number of carboxylic acids is 2. The summed E-state index contributed by atoms with van der Waals surface area (Å²) in [5.74, 6) is -9.82. The molecule has 6 aromatic rings. The molecule has 0 spiro atoms. The lowest BCUT2D eigenvalue weighted by Crippen LogP contribution is -2.68. The molecule has 2 N–H and O–H groups in total. The molecule has 0 bridgehead atoms. The number of benzene rings is 2. The zero-order valence-corrected chi connectivity index (χ0v) is 62.2. The van der Waals surface area contributed by atoms with Crippen LogP contribution in [-0.4, -0.2) is 145 Å². The molecule has 8 heterocycles. The van der Waals surface area contributed by atoms with Gasteiger partial charge in [-0.25, -0.2) is 9.37 Å². The average Bonchev–Trinajstić information content (AvgIpc) is 1.17. The van der Waals surface area contributed by atoms with E-state index < -0.39 is 150 Å². The van der Waals surface area contributed by atoms with Gasteiger partial charge in [0.1, 0.15) is 44.2 Å². The number of pyridine rings is 2. The Morgan fingerprint density at radius 1 is 0.622 bits per heavy atom. The highest BCUT2D eigenvalue weighted by Crippen LogP contribution is 2.51. The number of piperidine rings is 4. The molecular weight excluding hydrogens is 1520 g/mol.